The minimum absolute atomic E-state index is 0.00690. The molecule has 0 heterocycles. The van der Waals surface area contributed by atoms with Gasteiger partial charge in [0.15, 0.2) is 0 Å². The van der Waals surface area contributed by atoms with Crippen molar-refractivity contribution in [2.75, 3.05) is 25.0 Å². The van der Waals surface area contributed by atoms with Crippen molar-refractivity contribution in [1.82, 2.24) is 5.32 Å². The van der Waals surface area contributed by atoms with Crippen LogP contribution < -0.4 is 14.4 Å². The van der Waals surface area contributed by atoms with Crippen molar-refractivity contribution in [2.45, 2.75) is 31.6 Å². The Labute approximate surface area is 177 Å². The van der Waals surface area contributed by atoms with Gasteiger partial charge < -0.3 is 10.1 Å². The van der Waals surface area contributed by atoms with Gasteiger partial charge in [0.1, 0.15) is 5.75 Å². The molecule has 0 saturated carbocycles. The first-order chi connectivity index (χ1) is 13.7. The maximum absolute atomic E-state index is 13.0. The molecule has 6 nitrogen and oxygen atoms in total. The van der Waals surface area contributed by atoms with Crippen molar-refractivity contribution in [3.05, 3.63) is 53.1 Å². The molecule has 0 aliphatic carbocycles. The maximum Gasteiger partial charge on any atom is 0.264 e. The number of sulfonamides is 1. The van der Waals surface area contributed by atoms with E-state index in [1.165, 1.54) is 25.2 Å². The Balaban J connectivity index is 2.22. The van der Waals surface area contributed by atoms with Crippen LogP contribution in [-0.4, -0.2) is 35.0 Å². The zero-order valence-corrected chi connectivity index (χ0v) is 18.7. The summed E-state index contributed by atoms with van der Waals surface area (Å²) in [7, 11) is -0.871. The van der Waals surface area contributed by atoms with E-state index in [9.17, 15) is 13.2 Å². The number of hydrogen-bond donors (Lipinski definition) is 1. The summed E-state index contributed by atoms with van der Waals surface area (Å²) in [4.78, 5) is 12.5. The fraction of sp³-hybridized carbons (Fsp3) is 0.381. The normalized spacial score (nSPS) is 11.4. The molecular formula is C21H27ClN2O4S. The second kappa shape index (κ2) is 9.98. The summed E-state index contributed by atoms with van der Waals surface area (Å²) in [5.41, 5.74) is 0.612. The van der Waals surface area contributed by atoms with E-state index in [4.69, 9.17) is 16.3 Å². The zero-order chi connectivity index (χ0) is 21.6. The van der Waals surface area contributed by atoms with Crippen LogP contribution >= 0.6 is 11.6 Å². The largest absolute Gasteiger partial charge is 0.497 e. The van der Waals surface area contributed by atoms with Crippen molar-refractivity contribution in [3.8, 4) is 5.75 Å². The molecule has 0 atom stereocenters. The summed E-state index contributed by atoms with van der Waals surface area (Å²) in [6.45, 7) is 4.74. The summed E-state index contributed by atoms with van der Waals surface area (Å²) in [6.07, 6.45) is 1.84. The number of benzene rings is 2. The third kappa shape index (κ3) is 5.87. The fourth-order valence-corrected chi connectivity index (χ4v) is 4.16. The smallest absolute Gasteiger partial charge is 0.264 e. The second-order valence-electron chi connectivity index (χ2n) is 7.10. The Bertz CT molecular complexity index is 944. The highest BCUT2D eigenvalue weighted by Gasteiger charge is 2.23. The van der Waals surface area contributed by atoms with Crippen LogP contribution in [0.3, 0.4) is 0 Å². The van der Waals surface area contributed by atoms with E-state index in [1.54, 1.807) is 31.4 Å². The molecule has 0 aliphatic heterocycles. The molecular weight excluding hydrogens is 412 g/mol. The molecule has 8 heteroatoms. The number of carbonyl (C=O) groups is 1. The molecule has 0 bridgehead atoms. The third-order valence-electron chi connectivity index (χ3n) is 4.52. The van der Waals surface area contributed by atoms with Crippen molar-refractivity contribution < 1.29 is 17.9 Å². The molecule has 0 aliphatic rings. The first kappa shape index (κ1) is 23.0. The molecule has 0 fully saturated rings. The van der Waals surface area contributed by atoms with Crippen LogP contribution in [-0.2, 0) is 10.0 Å². The highest BCUT2D eigenvalue weighted by atomic mass is 35.5. The Morgan fingerprint density at radius 1 is 1.17 bits per heavy atom. The van der Waals surface area contributed by atoms with Crippen LogP contribution in [0.25, 0.3) is 0 Å². The van der Waals surface area contributed by atoms with Crippen LogP contribution in [0.1, 0.15) is 37.0 Å². The topological polar surface area (TPSA) is 75.7 Å². The number of halogens is 1. The third-order valence-corrected chi connectivity index (χ3v) is 6.63. The van der Waals surface area contributed by atoms with Crippen LogP contribution in [0.4, 0.5) is 5.69 Å². The average Bonchev–Trinajstić information content (AvgIpc) is 2.70. The van der Waals surface area contributed by atoms with E-state index < -0.39 is 10.0 Å². The number of ether oxygens (including phenoxy) is 1. The molecule has 2 aromatic carbocycles. The van der Waals surface area contributed by atoms with Gasteiger partial charge in [-0.25, -0.2) is 8.42 Å². The molecule has 1 N–H and O–H groups in total. The number of nitrogens with one attached hydrogen (secondary N) is 1. The molecule has 2 aromatic rings. The molecule has 0 aromatic heterocycles. The first-order valence-corrected chi connectivity index (χ1v) is 11.2. The van der Waals surface area contributed by atoms with Gasteiger partial charge in [-0.1, -0.05) is 25.4 Å². The number of carbonyl (C=O) groups excluding carboxylic acids is 1. The molecule has 0 saturated heterocycles. The van der Waals surface area contributed by atoms with E-state index in [2.05, 4.69) is 19.2 Å². The van der Waals surface area contributed by atoms with Gasteiger partial charge in [0, 0.05) is 13.6 Å². The van der Waals surface area contributed by atoms with Gasteiger partial charge in [-0.2, -0.15) is 0 Å². The SMILES string of the molecule is COc1ccc(N(C)S(=O)(=O)c2ccc(Cl)c(C(=O)NCCCC(C)C)c2)cc1. The second-order valence-corrected chi connectivity index (χ2v) is 9.48. The van der Waals surface area contributed by atoms with E-state index in [1.807, 2.05) is 0 Å². The maximum atomic E-state index is 13.0. The lowest BCUT2D eigenvalue weighted by molar-refractivity contribution is 0.0952. The lowest BCUT2D eigenvalue weighted by Gasteiger charge is -2.20. The highest BCUT2D eigenvalue weighted by Crippen LogP contribution is 2.27. The zero-order valence-electron chi connectivity index (χ0n) is 17.1. The molecule has 0 unspecified atom stereocenters. The van der Waals surface area contributed by atoms with Crippen LogP contribution in [0, 0.1) is 5.92 Å². The first-order valence-electron chi connectivity index (χ1n) is 9.37. The van der Waals surface area contributed by atoms with Crippen LogP contribution in [0.2, 0.25) is 5.02 Å². The quantitative estimate of drug-likeness (QED) is 0.591. The van der Waals surface area contributed by atoms with Crippen molar-refractivity contribution >= 4 is 33.2 Å². The van der Waals surface area contributed by atoms with Gasteiger partial charge in [0.05, 0.1) is 28.3 Å². The Morgan fingerprint density at radius 2 is 1.83 bits per heavy atom. The summed E-state index contributed by atoms with van der Waals surface area (Å²) >= 11 is 6.15. The number of nitrogens with zero attached hydrogens (tertiary/aromatic N) is 1. The van der Waals surface area contributed by atoms with E-state index >= 15 is 0 Å². The van der Waals surface area contributed by atoms with Crippen molar-refractivity contribution in [1.29, 1.82) is 0 Å². The van der Waals surface area contributed by atoms with Gasteiger partial charge in [0.25, 0.3) is 15.9 Å². The number of anilines is 1. The molecule has 0 spiro atoms. The minimum Gasteiger partial charge on any atom is -0.497 e. The summed E-state index contributed by atoms with van der Waals surface area (Å²) in [6, 6.07) is 10.8. The number of hydrogen-bond acceptors (Lipinski definition) is 4. The van der Waals surface area contributed by atoms with Gasteiger partial charge in [-0.05, 0) is 61.2 Å². The Kier molecular flexibility index (Phi) is 7.93. The van der Waals surface area contributed by atoms with E-state index in [-0.39, 0.29) is 21.4 Å². The monoisotopic (exact) mass is 438 g/mol. The van der Waals surface area contributed by atoms with E-state index in [0.717, 1.165) is 17.1 Å². The predicted octanol–water partition coefficient (Wildman–Crippen LogP) is 4.34. The van der Waals surface area contributed by atoms with Gasteiger partial charge in [-0.3, -0.25) is 9.10 Å². The molecule has 1 amide bonds. The fourth-order valence-electron chi connectivity index (χ4n) is 2.74. The molecule has 158 valence electrons. The lowest BCUT2D eigenvalue weighted by atomic mass is 10.1. The summed E-state index contributed by atoms with van der Waals surface area (Å²) in [5.74, 6) is 0.794. The molecule has 2 rings (SSSR count). The standard InChI is InChI=1S/C21H27ClN2O4S/c1-15(2)6-5-13-23-21(25)19-14-18(11-12-20(19)22)29(26,27)24(3)16-7-9-17(28-4)10-8-16/h7-12,14-15H,5-6,13H2,1-4H3,(H,23,25). The average molecular weight is 439 g/mol. The van der Waals surface area contributed by atoms with Crippen molar-refractivity contribution in [3.63, 3.8) is 0 Å². The van der Waals surface area contributed by atoms with Gasteiger partial charge in [-0.15, -0.1) is 0 Å². The minimum atomic E-state index is -3.87. The lowest BCUT2D eigenvalue weighted by Crippen LogP contribution is -2.28. The van der Waals surface area contributed by atoms with Crippen LogP contribution in [0.5, 0.6) is 5.75 Å². The van der Waals surface area contributed by atoms with E-state index in [0.29, 0.717) is 23.9 Å². The summed E-state index contributed by atoms with van der Waals surface area (Å²) in [5, 5.41) is 3.01. The highest BCUT2D eigenvalue weighted by molar-refractivity contribution is 7.92. The predicted molar refractivity (Wildman–Crippen MR) is 116 cm³/mol. The number of rotatable bonds is 9. The Hall–Kier alpha value is -2.25. The van der Waals surface area contributed by atoms with Crippen LogP contribution in [0.15, 0.2) is 47.4 Å². The summed E-state index contributed by atoms with van der Waals surface area (Å²) < 4.78 is 32.3. The Morgan fingerprint density at radius 3 is 2.41 bits per heavy atom. The number of amides is 1. The van der Waals surface area contributed by atoms with Gasteiger partial charge in [0.2, 0.25) is 0 Å². The number of methoxy groups -OCH3 is 1. The molecule has 0 radical (unpaired) electrons. The molecule has 29 heavy (non-hydrogen) atoms. The van der Waals surface area contributed by atoms with Crippen molar-refractivity contribution in [2.24, 2.45) is 5.92 Å². The van der Waals surface area contributed by atoms with Gasteiger partial charge >= 0.3 is 0 Å².